The zero-order valence-corrected chi connectivity index (χ0v) is 7.35. The molecule has 0 spiro atoms. The Bertz CT molecular complexity index is 106. The van der Waals surface area contributed by atoms with Crippen molar-refractivity contribution in [2.45, 2.75) is 24.5 Å². The van der Waals surface area contributed by atoms with Crippen molar-refractivity contribution >= 4 is 26.5 Å². The molecule has 0 saturated carbocycles. The van der Waals surface area contributed by atoms with Crippen LogP contribution in [0.3, 0.4) is 0 Å². The van der Waals surface area contributed by atoms with Gasteiger partial charge < -0.3 is 0 Å². The summed E-state index contributed by atoms with van der Waals surface area (Å²) in [5.74, 6) is 0.382. The van der Waals surface area contributed by atoms with Gasteiger partial charge in [-0.2, -0.15) is 0 Å². The van der Waals surface area contributed by atoms with Crippen LogP contribution in [-0.2, 0) is 9.59 Å². The second-order valence-electron chi connectivity index (χ2n) is 1.90. The first-order valence-electron chi connectivity index (χ1n) is 2.69. The van der Waals surface area contributed by atoms with Crippen LogP contribution in [0.1, 0.15) is 13.8 Å². The van der Waals surface area contributed by atoms with Crippen molar-refractivity contribution < 1.29 is 9.59 Å². The maximum atomic E-state index is 10.3. The Hall–Kier alpha value is -0.141. The van der Waals surface area contributed by atoms with Gasteiger partial charge in [-0.05, 0) is 0 Å². The van der Waals surface area contributed by atoms with Crippen molar-refractivity contribution in [2.75, 3.05) is 0 Å². The Morgan fingerprint density at radius 2 is 1.44 bits per heavy atom. The Balaban J connectivity index is 3.10. The molecule has 0 fully saturated rings. The molecule has 0 N–H and O–H groups in total. The second kappa shape index (κ2) is 4.71. The molecule has 0 unspecified atom stereocenters. The van der Waals surface area contributed by atoms with E-state index in [0.717, 1.165) is 0 Å². The van der Waals surface area contributed by atoms with Crippen LogP contribution in [0.4, 0.5) is 0 Å². The van der Waals surface area contributed by atoms with Crippen molar-refractivity contribution in [3.8, 4) is 0 Å². The summed E-state index contributed by atoms with van der Waals surface area (Å²) in [5, 5.41) is 1.21. The number of rotatable bonds is 4. The van der Waals surface area contributed by atoms with E-state index in [0.29, 0.717) is 10.6 Å². The van der Waals surface area contributed by atoms with Gasteiger partial charge in [-0.25, -0.2) is 0 Å². The van der Waals surface area contributed by atoms with Crippen molar-refractivity contribution in [3.05, 3.63) is 0 Å². The van der Waals surface area contributed by atoms with Gasteiger partial charge in [-0.1, -0.05) is 0 Å². The number of Topliss-reactive ketones (excluding diaryl/α,β-unsaturated/α-hetero) is 2. The third-order valence-corrected chi connectivity index (χ3v) is 3.17. The zero-order valence-electron chi connectivity index (χ0n) is 5.64. The molecule has 0 heterocycles. The van der Waals surface area contributed by atoms with Gasteiger partial charge in [-0.3, -0.25) is 0 Å². The second-order valence-corrected chi connectivity index (χ2v) is 3.96. The molecule has 0 aromatic heterocycles. The molecule has 0 aromatic carbocycles. The van der Waals surface area contributed by atoms with Crippen LogP contribution >= 0.6 is 0 Å². The Kier molecular flexibility index (Phi) is 4.64. The molecule has 0 aliphatic carbocycles. The Morgan fingerprint density at radius 1 is 1.11 bits per heavy atom. The van der Waals surface area contributed by atoms with Gasteiger partial charge >= 0.3 is 60.6 Å². The van der Waals surface area contributed by atoms with Gasteiger partial charge in [0.05, 0.1) is 0 Å². The molecule has 9 heavy (non-hydrogen) atoms. The number of carbonyl (C=O) groups excluding carboxylic acids is 2. The molecule has 0 aromatic rings. The van der Waals surface area contributed by atoms with Crippen LogP contribution in [0.25, 0.3) is 0 Å². The first kappa shape index (κ1) is 8.86. The topological polar surface area (TPSA) is 34.1 Å². The maximum absolute atomic E-state index is 10.3. The Morgan fingerprint density at radius 3 is 1.67 bits per heavy atom. The summed E-state index contributed by atoms with van der Waals surface area (Å²) >= 11 is 0.220. The molecule has 2 nitrogen and oxygen atoms in total. The van der Waals surface area contributed by atoms with Crippen molar-refractivity contribution in [2.24, 2.45) is 0 Å². The number of carbonyl (C=O) groups is 2. The predicted molar refractivity (Wildman–Crippen MR) is 36.7 cm³/mol. The van der Waals surface area contributed by atoms with Gasteiger partial charge in [0.25, 0.3) is 0 Å². The van der Waals surface area contributed by atoms with Crippen LogP contribution in [0.5, 0.6) is 0 Å². The van der Waals surface area contributed by atoms with Crippen LogP contribution in [0.2, 0.25) is 10.6 Å². The fraction of sp³-hybridized carbons (Fsp3) is 0.667. The quantitative estimate of drug-likeness (QED) is 0.616. The molecule has 3 heteroatoms. The first-order valence-corrected chi connectivity index (χ1v) is 5.12. The van der Waals surface area contributed by atoms with Crippen LogP contribution in [0, 0.1) is 0 Å². The van der Waals surface area contributed by atoms with E-state index in [1.54, 1.807) is 13.8 Å². The third-order valence-electron chi connectivity index (χ3n) is 0.611. The molecule has 0 amide bonds. The van der Waals surface area contributed by atoms with E-state index in [-0.39, 0.29) is 26.5 Å². The van der Waals surface area contributed by atoms with Crippen LogP contribution in [0.15, 0.2) is 0 Å². The molecule has 0 aliphatic heterocycles. The molecule has 0 saturated heterocycles. The van der Waals surface area contributed by atoms with E-state index in [2.05, 4.69) is 0 Å². The summed E-state index contributed by atoms with van der Waals surface area (Å²) in [6, 6.07) is 0. The summed E-state index contributed by atoms with van der Waals surface area (Å²) in [4.78, 5) is 20.7. The van der Waals surface area contributed by atoms with Gasteiger partial charge in [-0.15, -0.1) is 0 Å². The molecule has 0 rings (SSSR count). The molecule has 0 radical (unpaired) electrons. The molecular formula is C6H10O2Se. The van der Waals surface area contributed by atoms with E-state index >= 15 is 0 Å². The van der Waals surface area contributed by atoms with E-state index in [1.165, 1.54) is 0 Å². The normalized spacial score (nSPS) is 9.11. The summed E-state index contributed by atoms with van der Waals surface area (Å²) in [5.41, 5.74) is 0. The minimum absolute atomic E-state index is 0.191. The van der Waals surface area contributed by atoms with E-state index < -0.39 is 0 Å². The molecular weight excluding hydrogens is 183 g/mol. The average molecular weight is 193 g/mol. The summed E-state index contributed by atoms with van der Waals surface area (Å²) in [6.07, 6.45) is 0. The molecule has 0 bridgehead atoms. The van der Waals surface area contributed by atoms with E-state index in [4.69, 9.17) is 0 Å². The van der Waals surface area contributed by atoms with Crippen LogP contribution < -0.4 is 0 Å². The van der Waals surface area contributed by atoms with Gasteiger partial charge in [0.2, 0.25) is 0 Å². The van der Waals surface area contributed by atoms with Gasteiger partial charge in [0, 0.05) is 0 Å². The average Bonchev–Trinajstić information content (AvgIpc) is 1.63. The Labute approximate surface area is 61.2 Å². The molecule has 52 valence electrons. The fourth-order valence-corrected chi connectivity index (χ4v) is 1.76. The first-order chi connectivity index (χ1) is 4.13. The monoisotopic (exact) mass is 194 g/mol. The molecule has 0 aliphatic rings. The predicted octanol–water partition coefficient (Wildman–Crippen LogP) is 0.705. The number of ketones is 2. The van der Waals surface area contributed by atoms with Gasteiger partial charge in [0.1, 0.15) is 0 Å². The standard InChI is InChI=1S/C6H10O2Se/c1-5(7)3-9-4-6(2)8/h3-4H2,1-2H3. The van der Waals surface area contributed by atoms with Gasteiger partial charge in [0.15, 0.2) is 0 Å². The van der Waals surface area contributed by atoms with Crippen molar-refractivity contribution in [1.29, 1.82) is 0 Å². The van der Waals surface area contributed by atoms with Crippen LogP contribution in [-0.4, -0.2) is 26.5 Å². The fourth-order valence-electron chi connectivity index (χ4n) is 0.338. The summed E-state index contributed by atoms with van der Waals surface area (Å²) < 4.78 is 0. The summed E-state index contributed by atoms with van der Waals surface area (Å²) in [6.45, 7) is 3.11. The van der Waals surface area contributed by atoms with E-state index in [9.17, 15) is 9.59 Å². The minimum atomic E-state index is 0.191. The van der Waals surface area contributed by atoms with Crippen molar-refractivity contribution in [1.82, 2.24) is 0 Å². The number of hydrogen-bond donors (Lipinski definition) is 0. The third kappa shape index (κ3) is 7.86. The van der Waals surface area contributed by atoms with Crippen molar-refractivity contribution in [3.63, 3.8) is 0 Å². The number of hydrogen-bond acceptors (Lipinski definition) is 2. The SMILES string of the molecule is CC(=O)C[Se]CC(C)=O. The zero-order chi connectivity index (χ0) is 7.28. The summed E-state index contributed by atoms with van der Waals surface area (Å²) in [7, 11) is 0. The van der Waals surface area contributed by atoms with E-state index in [1.807, 2.05) is 0 Å². The molecule has 0 atom stereocenters.